The summed E-state index contributed by atoms with van der Waals surface area (Å²) in [6.07, 6.45) is 0. The van der Waals surface area contributed by atoms with Gasteiger partial charge in [-0.05, 0) is 29.7 Å². The van der Waals surface area contributed by atoms with Gasteiger partial charge in [0.15, 0.2) is 0 Å². The van der Waals surface area contributed by atoms with Crippen LogP contribution in [0.4, 0.5) is 4.39 Å². The quantitative estimate of drug-likeness (QED) is 0.746. The Balaban J connectivity index is 1.46. The average molecular weight is 420 g/mol. The molecule has 2 aromatic rings. The Bertz CT molecular complexity index is 929. The van der Waals surface area contributed by atoms with Gasteiger partial charge in [0.1, 0.15) is 5.82 Å². The molecule has 2 aromatic carbocycles. The van der Waals surface area contributed by atoms with Crippen LogP contribution in [0.25, 0.3) is 0 Å². The number of rotatable bonds is 7. The van der Waals surface area contributed by atoms with Gasteiger partial charge >= 0.3 is 0 Å². The maximum Gasteiger partial charge on any atom is 0.243 e. The van der Waals surface area contributed by atoms with Crippen molar-refractivity contribution in [3.05, 3.63) is 66.0 Å². The van der Waals surface area contributed by atoms with Gasteiger partial charge in [0.05, 0.1) is 11.4 Å². The molecule has 6 nitrogen and oxygen atoms in total. The van der Waals surface area contributed by atoms with Crippen molar-refractivity contribution in [2.24, 2.45) is 0 Å². The third kappa shape index (κ3) is 5.62. The van der Waals surface area contributed by atoms with Crippen molar-refractivity contribution in [1.82, 2.24) is 14.5 Å². The third-order valence-corrected chi connectivity index (χ3v) is 7.00. The summed E-state index contributed by atoms with van der Waals surface area (Å²) in [5.41, 5.74) is 1.17. The number of nitrogens with zero attached hydrogens (tertiary/aromatic N) is 2. The monoisotopic (exact) mass is 419 g/mol. The van der Waals surface area contributed by atoms with Crippen molar-refractivity contribution >= 4 is 15.9 Å². The van der Waals surface area contributed by atoms with Crippen molar-refractivity contribution < 1.29 is 17.6 Å². The summed E-state index contributed by atoms with van der Waals surface area (Å²) in [5.74, 6) is -0.436. The van der Waals surface area contributed by atoms with E-state index < -0.39 is 15.8 Å². The number of nitrogens with one attached hydrogen (secondary N) is 1. The number of carbonyl (C=O) groups is 1. The van der Waals surface area contributed by atoms with Gasteiger partial charge in [0, 0.05) is 32.7 Å². The summed E-state index contributed by atoms with van der Waals surface area (Å²) in [4.78, 5) is 14.1. The zero-order valence-corrected chi connectivity index (χ0v) is 17.2. The molecule has 0 aromatic heterocycles. The van der Waals surface area contributed by atoms with Crippen molar-refractivity contribution in [1.29, 1.82) is 0 Å². The summed E-state index contributed by atoms with van der Waals surface area (Å²) in [5, 5.41) is 2.95. The van der Waals surface area contributed by atoms with Gasteiger partial charge in [-0.25, -0.2) is 12.8 Å². The highest BCUT2D eigenvalue weighted by Gasteiger charge is 2.29. The zero-order chi connectivity index (χ0) is 20.9. The van der Waals surface area contributed by atoms with E-state index in [4.69, 9.17) is 0 Å². The Kier molecular flexibility index (Phi) is 7.00. The Hall–Kier alpha value is -2.29. The first-order valence-corrected chi connectivity index (χ1v) is 11.1. The summed E-state index contributed by atoms with van der Waals surface area (Å²) < 4.78 is 40.0. The van der Waals surface area contributed by atoms with E-state index in [2.05, 4.69) is 12.2 Å². The van der Waals surface area contributed by atoms with Crippen LogP contribution in [0.3, 0.4) is 0 Å². The van der Waals surface area contributed by atoms with Gasteiger partial charge in [-0.2, -0.15) is 4.31 Å². The number of amides is 1. The van der Waals surface area contributed by atoms with Gasteiger partial charge in [0.25, 0.3) is 0 Å². The van der Waals surface area contributed by atoms with Crippen LogP contribution < -0.4 is 5.32 Å². The minimum absolute atomic E-state index is 0.0430. The van der Waals surface area contributed by atoms with Gasteiger partial charge in [-0.1, -0.05) is 43.3 Å². The predicted molar refractivity (Wildman–Crippen MR) is 109 cm³/mol. The highest BCUT2D eigenvalue weighted by atomic mass is 32.2. The lowest BCUT2D eigenvalue weighted by Crippen LogP contribution is -2.51. The molecule has 1 N–H and O–H groups in total. The van der Waals surface area contributed by atoms with E-state index in [0.717, 1.165) is 6.07 Å². The Labute approximate surface area is 171 Å². The summed E-state index contributed by atoms with van der Waals surface area (Å²) in [7, 11) is -3.72. The maximum atomic E-state index is 13.4. The molecule has 0 aliphatic carbocycles. The predicted octanol–water partition coefficient (Wildman–Crippen LogP) is 2.05. The van der Waals surface area contributed by atoms with Gasteiger partial charge in [0.2, 0.25) is 15.9 Å². The Morgan fingerprint density at radius 2 is 1.76 bits per heavy atom. The third-order valence-electron chi connectivity index (χ3n) is 5.11. The molecule has 0 unspecified atom stereocenters. The van der Waals surface area contributed by atoms with Crippen LogP contribution in [0.1, 0.15) is 18.4 Å². The number of carbonyl (C=O) groups excluding carboxylic acids is 1. The summed E-state index contributed by atoms with van der Waals surface area (Å²) in [6.45, 7) is 4.29. The molecule has 3 rings (SSSR count). The SMILES string of the molecule is C[C@H](CNC(=O)CN1CCN(S(=O)(=O)c2cccc(F)c2)CC1)c1ccccc1. The van der Waals surface area contributed by atoms with Crippen LogP contribution in [-0.4, -0.2) is 62.8 Å². The molecule has 1 atom stereocenters. The van der Waals surface area contributed by atoms with Crippen LogP contribution in [0, 0.1) is 5.82 Å². The van der Waals surface area contributed by atoms with E-state index in [9.17, 15) is 17.6 Å². The van der Waals surface area contributed by atoms with E-state index >= 15 is 0 Å². The first-order chi connectivity index (χ1) is 13.9. The van der Waals surface area contributed by atoms with E-state index in [1.165, 1.54) is 28.1 Å². The van der Waals surface area contributed by atoms with E-state index in [1.807, 2.05) is 35.2 Å². The first-order valence-electron chi connectivity index (χ1n) is 9.66. The molecule has 0 spiro atoms. The highest BCUT2D eigenvalue weighted by Crippen LogP contribution is 2.18. The number of sulfonamides is 1. The van der Waals surface area contributed by atoms with E-state index in [-0.39, 0.29) is 36.4 Å². The fraction of sp³-hybridized carbons (Fsp3) is 0.381. The summed E-state index contributed by atoms with van der Waals surface area (Å²) >= 11 is 0. The minimum atomic E-state index is -3.72. The topological polar surface area (TPSA) is 69.7 Å². The maximum absolute atomic E-state index is 13.4. The number of benzene rings is 2. The molecule has 1 fully saturated rings. The lowest BCUT2D eigenvalue weighted by atomic mass is 10.0. The molecule has 156 valence electrons. The van der Waals surface area contributed by atoms with E-state index in [1.54, 1.807) is 0 Å². The van der Waals surface area contributed by atoms with Crippen molar-refractivity contribution in [3.63, 3.8) is 0 Å². The highest BCUT2D eigenvalue weighted by molar-refractivity contribution is 7.89. The fourth-order valence-corrected chi connectivity index (χ4v) is 4.78. The van der Waals surface area contributed by atoms with Gasteiger partial charge in [-0.15, -0.1) is 0 Å². The second-order valence-electron chi connectivity index (χ2n) is 7.25. The number of piperazine rings is 1. The van der Waals surface area contributed by atoms with E-state index in [0.29, 0.717) is 19.6 Å². The first kappa shape index (κ1) is 21.4. The largest absolute Gasteiger partial charge is 0.354 e. The smallest absolute Gasteiger partial charge is 0.243 e. The number of hydrogen-bond donors (Lipinski definition) is 1. The molecule has 0 saturated carbocycles. The summed E-state index contributed by atoms with van der Waals surface area (Å²) in [6, 6.07) is 15.0. The van der Waals surface area contributed by atoms with Crippen LogP contribution >= 0.6 is 0 Å². The zero-order valence-electron chi connectivity index (χ0n) is 16.4. The Morgan fingerprint density at radius 1 is 1.07 bits per heavy atom. The minimum Gasteiger partial charge on any atom is -0.354 e. The lowest BCUT2D eigenvalue weighted by molar-refractivity contribution is -0.122. The van der Waals surface area contributed by atoms with Crippen LogP contribution in [-0.2, 0) is 14.8 Å². The van der Waals surface area contributed by atoms with Gasteiger partial charge in [-0.3, -0.25) is 9.69 Å². The standard InChI is InChI=1S/C21H26FN3O3S/c1-17(18-6-3-2-4-7-18)15-23-21(26)16-24-10-12-25(13-11-24)29(27,28)20-9-5-8-19(22)14-20/h2-9,14,17H,10-13,15-16H2,1H3,(H,23,26)/t17-/m1/s1. The molecule has 1 saturated heterocycles. The lowest BCUT2D eigenvalue weighted by Gasteiger charge is -2.33. The second kappa shape index (κ2) is 9.47. The van der Waals surface area contributed by atoms with Crippen LogP contribution in [0.5, 0.6) is 0 Å². The van der Waals surface area contributed by atoms with Crippen molar-refractivity contribution in [2.75, 3.05) is 39.3 Å². The Morgan fingerprint density at radius 3 is 2.41 bits per heavy atom. The normalized spacial score (nSPS) is 17.0. The molecule has 1 aliphatic heterocycles. The molecular weight excluding hydrogens is 393 g/mol. The molecule has 1 amide bonds. The molecule has 29 heavy (non-hydrogen) atoms. The van der Waals surface area contributed by atoms with Crippen molar-refractivity contribution in [3.8, 4) is 0 Å². The number of hydrogen-bond acceptors (Lipinski definition) is 4. The molecule has 0 radical (unpaired) electrons. The molecule has 1 heterocycles. The van der Waals surface area contributed by atoms with Crippen LogP contribution in [0.15, 0.2) is 59.5 Å². The molecular formula is C21H26FN3O3S. The molecule has 1 aliphatic rings. The average Bonchev–Trinajstić information content (AvgIpc) is 2.73. The number of halogens is 1. The fourth-order valence-electron chi connectivity index (χ4n) is 3.33. The van der Waals surface area contributed by atoms with Gasteiger partial charge < -0.3 is 5.32 Å². The van der Waals surface area contributed by atoms with Crippen molar-refractivity contribution in [2.45, 2.75) is 17.7 Å². The molecule has 8 heteroatoms. The van der Waals surface area contributed by atoms with Crippen LogP contribution in [0.2, 0.25) is 0 Å². The second-order valence-corrected chi connectivity index (χ2v) is 9.19. The molecule has 0 bridgehead atoms.